The summed E-state index contributed by atoms with van der Waals surface area (Å²) in [5, 5.41) is 2.92. The number of benzene rings is 2. The third kappa shape index (κ3) is 5.22. The molecule has 0 aliphatic heterocycles. The minimum absolute atomic E-state index is 0. The van der Waals surface area contributed by atoms with Gasteiger partial charge in [0.2, 0.25) is 0 Å². The summed E-state index contributed by atoms with van der Waals surface area (Å²) in [6.07, 6.45) is 2.17. The van der Waals surface area contributed by atoms with Gasteiger partial charge in [-0.05, 0) is 61.6 Å². The van der Waals surface area contributed by atoms with E-state index >= 15 is 0 Å². The molecule has 0 radical (unpaired) electrons. The molecule has 1 saturated carbocycles. The van der Waals surface area contributed by atoms with Gasteiger partial charge < -0.3 is 11.1 Å². The number of anilines is 1. The first kappa shape index (κ1) is 21.2. The van der Waals surface area contributed by atoms with Crippen molar-refractivity contribution in [1.82, 2.24) is 5.32 Å². The highest BCUT2D eigenvalue weighted by atomic mass is 35.5. The Balaban J connectivity index is 0.00000261. The first-order valence-corrected chi connectivity index (χ1v) is 10.1. The van der Waals surface area contributed by atoms with Gasteiger partial charge in [-0.3, -0.25) is 9.52 Å². The Hall–Kier alpha value is -2.09. The van der Waals surface area contributed by atoms with E-state index in [0.29, 0.717) is 23.7 Å². The second kappa shape index (κ2) is 8.73. The molecule has 1 aliphatic carbocycles. The number of halogens is 1. The van der Waals surface area contributed by atoms with Crippen LogP contribution < -0.4 is 15.8 Å². The molecule has 0 bridgehead atoms. The SMILES string of the molecule is Cc1ccccc1NS(=O)(=O)c1ccc(C(=O)NC(CN)C2CC2)cc1.Cl. The Morgan fingerprint density at radius 3 is 2.33 bits per heavy atom. The molecule has 2 aromatic carbocycles. The molecule has 3 rings (SSSR count). The van der Waals surface area contributed by atoms with Gasteiger partial charge in [0.25, 0.3) is 15.9 Å². The second-order valence-electron chi connectivity index (χ2n) is 6.60. The van der Waals surface area contributed by atoms with Crippen LogP contribution in [0.4, 0.5) is 5.69 Å². The Bertz CT molecular complexity index is 897. The number of nitrogens with two attached hydrogens (primary N) is 1. The maximum absolute atomic E-state index is 12.5. The smallest absolute Gasteiger partial charge is 0.261 e. The van der Waals surface area contributed by atoms with E-state index in [1.807, 2.05) is 19.1 Å². The predicted octanol–water partition coefficient (Wildman–Crippen LogP) is 2.68. The molecule has 1 amide bonds. The molecule has 4 N–H and O–H groups in total. The molecule has 146 valence electrons. The standard InChI is InChI=1S/C19H23N3O3S.ClH/c1-13-4-2-3-5-17(13)22-26(24,25)16-10-8-15(9-11-16)19(23)21-18(12-20)14-6-7-14;/h2-5,8-11,14,18,22H,6-7,12,20H2,1H3,(H,21,23);1H. The Morgan fingerprint density at radius 2 is 1.78 bits per heavy atom. The number of amides is 1. The van der Waals surface area contributed by atoms with Crippen molar-refractivity contribution in [1.29, 1.82) is 0 Å². The highest BCUT2D eigenvalue weighted by Crippen LogP contribution is 2.32. The van der Waals surface area contributed by atoms with Crippen molar-refractivity contribution in [2.75, 3.05) is 11.3 Å². The fourth-order valence-corrected chi connectivity index (χ4v) is 3.93. The van der Waals surface area contributed by atoms with Gasteiger partial charge in [0.05, 0.1) is 10.6 Å². The van der Waals surface area contributed by atoms with Crippen LogP contribution in [0.1, 0.15) is 28.8 Å². The van der Waals surface area contributed by atoms with Crippen molar-refractivity contribution in [3.05, 3.63) is 59.7 Å². The van der Waals surface area contributed by atoms with Crippen molar-refractivity contribution in [3.63, 3.8) is 0 Å². The molecule has 8 heteroatoms. The molecule has 1 unspecified atom stereocenters. The number of rotatable bonds is 7. The maximum atomic E-state index is 12.5. The van der Waals surface area contributed by atoms with Crippen molar-refractivity contribution in [2.45, 2.75) is 30.7 Å². The van der Waals surface area contributed by atoms with E-state index in [2.05, 4.69) is 10.0 Å². The fourth-order valence-electron chi connectivity index (χ4n) is 2.80. The summed E-state index contributed by atoms with van der Waals surface area (Å²) < 4.78 is 27.6. The number of hydrogen-bond donors (Lipinski definition) is 3. The van der Waals surface area contributed by atoms with Gasteiger partial charge in [-0.1, -0.05) is 18.2 Å². The number of nitrogens with one attached hydrogen (secondary N) is 2. The van der Waals surface area contributed by atoms with E-state index in [-0.39, 0.29) is 29.3 Å². The predicted molar refractivity (Wildman–Crippen MR) is 109 cm³/mol. The number of para-hydroxylation sites is 1. The molecule has 1 fully saturated rings. The third-order valence-electron chi connectivity index (χ3n) is 4.58. The number of carbonyl (C=O) groups excluding carboxylic acids is 1. The summed E-state index contributed by atoms with van der Waals surface area (Å²) in [5.74, 6) is 0.227. The van der Waals surface area contributed by atoms with E-state index in [9.17, 15) is 13.2 Å². The second-order valence-corrected chi connectivity index (χ2v) is 8.28. The molecule has 1 aliphatic rings. The van der Waals surface area contributed by atoms with E-state index in [1.165, 1.54) is 24.3 Å². The fraction of sp³-hybridized carbons (Fsp3) is 0.316. The Labute approximate surface area is 166 Å². The summed E-state index contributed by atoms with van der Waals surface area (Å²) in [5.41, 5.74) is 7.49. The summed E-state index contributed by atoms with van der Waals surface area (Å²) in [6, 6.07) is 13.0. The lowest BCUT2D eigenvalue weighted by Crippen LogP contribution is -2.41. The lowest BCUT2D eigenvalue weighted by molar-refractivity contribution is 0.0933. The lowest BCUT2D eigenvalue weighted by atomic mass is 10.1. The number of aryl methyl sites for hydroxylation is 1. The van der Waals surface area contributed by atoms with Crippen LogP contribution in [0.3, 0.4) is 0 Å². The third-order valence-corrected chi connectivity index (χ3v) is 5.96. The highest BCUT2D eigenvalue weighted by molar-refractivity contribution is 7.92. The lowest BCUT2D eigenvalue weighted by Gasteiger charge is -2.16. The largest absolute Gasteiger partial charge is 0.348 e. The molecular weight excluding hydrogens is 386 g/mol. The zero-order valence-electron chi connectivity index (χ0n) is 15.0. The first-order valence-electron chi connectivity index (χ1n) is 8.60. The molecule has 27 heavy (non-hydrogen) atoms. The maximum Gasteiger partial charge on any atom is 0.261 e. The molecule has 0 heterocycles. The normalized spacial score (nSPS) is 14.7. The van der Waals surface area contributed by atoms with E-state index in [1.54, 1.807) is 12.1 Å². The molecule has 0 aromatic heterocycles. The van der Waals surface area contributed by atoms with E-state index < -0.39 is 10.0 Å². The van der Waals surface area contributed by atoms with Gasteiger partial charge in [0, 0.05) is 18.2 Å². The highest BCUT2D eigenvalue weighted by Gasteiger charge is 2.31. The van der Waals surface area contributed by atoms with Crippen LogP contribution in [0.25, 0.3) is 0 Å². The average molecular weight is 410 g/mol. The van der Waals surface area contributed by atoms with E-state index in [0.717, 1.165) is 18.4 Å². The molecular formula is C19H24ClN3O3S. The van der Waals surface area contributed by atoms with Crippen LogP contribution in [0.15, 0.2) is 53.4 Å². The van der Waals surface area contributed by atoms with Crippen molar-refractivity contribution in [2.24, 2.45) is 11.7 Å². The van der Waals surface area contributed by atoms with Crippen LogP contribution >= 0.6 is 12.4 Å². The monoisotopic (exact) mass is 409 g/mol. The summed E-state index contributed by atoms with van der Waals surface area (Å²) >= 11 is 0. The zero-order valence-corrected chi connectivity index (χ0v) is 16.6. The zero-order chi connectivity index (χ0) is 18.7. The van der Waals surface area contributed by atoms with Crippen LogP contribution in [-0.2, 0) is 10.0 Å². The quantitative estimate of drug-likeness (QED) is 0.654. The average Bonchev–Trinajstić information content (AvgIpc) is 3.46. The Morgan fingerprint density at radius 1 is 1.15 bits per heavy atom. The minimum atomic E-state index is -3.71. The molecule has 6 nitrogen and oxygen atoms in total. The topological polar surface area (TPSA) is 101 Å². The van der Waals surface area contributed by atoms with Crippen LogP contribution in [0.2, 0.25) is 0 Å². The van der Waals surface area contributed by atoms with Gasteiger partial charge in [0.15, 0.2) is 0 Å². The van der Waals surface area contributed by atoms with Gasteiger partial charge >= 0.3 is 0 Å². The molecule has 0 saturated heterocycles. The van der Waals surface area contributed by atoms with Crippen molar-refractivity contribution < 1.29 is 13.2 Å². The molecule has 1 atom stereocenters. The molecule has 0 spiro atoms. The number of carbonyl (C=O) groups is 1. The van der Waals surface area contributed by atoms with E-state index in [4.69, 9.17) is 5.73 Å². The summed E-state index contributed by atoms with van der Waals surface area (Å²) in [7, 11) is -3.71. The van der Waals surface area contributed by atoms with Crippen LogP contribution in [-0.4, -0.2) is 26.9 Å². The van der Waals surface area contributed by atoms with Crippen molar-refractivity contribution in [3.8, 4) is 0 Å². The van der Waals surface area contributed by atoms with Gasteiger partial charge in [-0.25, -0.2) is 8.42 Å². The minimum Gasteiger partial charge on any atom is -0.348 e. The van der Waals surface area contributed by atoms with Crippen LogP contribution in [0, 0.1) is 12.8 Å². The van der Waals surface area contributed by atoms with Gasteiger partial charge in [-0.2, -0.15) is 0 Å². The van der Waals surface area contributed by atoms with Gasteiger partial charge in [-0.15, -0.1) is 12.4 Å². The summed E-state index contributed by atoms with van der Waals surface area (Å²) in [4.78, 5) is 12.4. The van der Waals surface area contributed by atoms with Gasteiger partial charge in [0.1, 0.15) is 0 Å². The van der Waals surface area contributed by atoms with Crippen molar-refractivity contribution >= 4 is 34.0 Å². The summed E-state index contributed by atoms with van der Waals surface area (Å²) in [6.45, 7) is 2.24. The molecule has 2 aromatic rings. The Kier molecular flexibility index (Phi) is 6.86. The first-order chi connectivity index (χ1) is 12.4. The van der Waals surface area contributed by atoms with Crippen LogP contribution in [0.5, 0.6) is 0 Å². The number of sulfonamides is 1. The number of hydrogen-bond acceptors (Lipinski definition) is 4.